The van der Waals surface area contributed by atoms with Crippen LogP contribution in [0, 0.1) is 17.8 Å². The highest BCUT2D eigenvalue weighted by Crippen LogP contribution is 2.48. The van der Waals surface area contributed by atoms with E-state index in [1.54, 1.807) is 12.1 Å². The number of carboxylic acid groups (broad SMARTS) is 1. The summed E-state index contributed by atoms with van der Waals surface area (Å²) in [6, 6.07) is 4.36. The first-order valence-corrected chi connectivity index (χ1v) is 7.71. The first-order valence-electron chi connectivity index (χ1n) is 6.96. The molecule has 6 heteroatoms. The molecule has 112 valence electrons. The second kappa shape index (κ2) is 5.50. The molecule has 2 bridgehead atoms. The lowest BCUT2D eigenvalue weighted by molar-refractivity contribution is -0.144. The molecule has 4 unspecified atom stereocenters. The minimum Gasteiger partial charge on any atom is -0.481 e. The maximum absolute atomic E-state index is 12.4. The van der Waals surface area contributed by atoms with Crippen LogP contribution in [0.25, 0.3) is 0 Å². The molecule has 21 heavy (non-hydrogen) atoms. The van der Waals surface area contributed by atoms with Crippen molar-refractivity contribution in [2.45, 2.75) is 25.3 Å². The van der Waals surface area contributed by atoms with Gasteiger partial charge in [-0.25, -0.2) is 0 Å². The number of aliphatic carboxylic acids is 1. The summed E-state index contributed by atoms with van der Waals surface area (Å²) in [5.41, 5.74) is 0.288. The molecule has 2 aliphatic rings. The number of hydrogen-bond donors (Lipinski definition) is 2. The van der Waals surface area contributed by atoms with Gasteiger partial charge in [0.25, 0.3) is 5.91 Å². The summed E-state index contributed by atoms with van der Waals surface area (Å²) < 4.78 is 0. The van der Waals surface area contributed by atoms with Gasteiger partial charge in [0.1, 0.15) is 0 Å². The normalized spacial score (nSPS) is 30.4. The standard InChI is InChI=1S/C15H15Cl2NO3/c16-9-3-4-11(17)10(6-9)14(19)18-13-8-2-1-7(5-8)12(13)15(20)21/h3-4,6-8,12-13H,1-2,5H2,(H,18,19)(H,20,21). The summed E-state index contributed by atoms with van der Waals surface area (Å²) in [5, 5.41) is 13.0. The third-order valence-corrected chi connectivity index (χ3v) is 5.24. The van der Waals surface area contributed by atoms with Crippen molar-refractivity contribution in [3.8, 4) is 0 Å². The lowest BCUT2D eigenvalue weighted by Crippen LogP contribution is -2.46. The SMILES string of the molecule is O=C(NC1C2CCC(C2)C1C(=O)O)c1cc(Cl)ccc1Cl. The van der Waals surface area contributed by atoms with E-state index in [1.165, 1.54) is 6.07 Å². The summed E-state index contributed by atoms with van der Waals surface area (Å²) in [6.07, 6.45) is 2.79. The van der Waals surface area contributed by atoms with Crippen molar-refractivity contribution in [3.05, 3.63) is 33.8 Å². The zero-order valence-corrected chi connectivity index (χ0v) is 12.7. The third-order valence-electron chi connectivity index (χ3n) is 4.67. The van der Waals surface area contributed by atoms with Crippen LogP contribution < -0.4 is 5.32 Å². The Bertz CT molecular complexity index is 605. The Kier molecular flexibility index (Phi) is 3.84. The van der Waals surface area contributed by atoms with Gasteiger partial charge in [0, 0.05) is 11.1 Å². The summed E-state index contributed by atoms with van der Waals surface area (Å²) in [4.78, 5) is 23.8. The Morgan fingerprint density at radius 3 is 2.62 bits per heavy atom. The molecule has 0 aliphatic heterocycles. The molecule has 4 atom stereocenters. The highest BCUT2D eigenvalue weighted by Gasteiger charge is 2.51. The fourth-order valence-corrected chi connectivity index (χ4v) is 4.13. The summed E-state index contributed by atoms with van der Waals surface area (Å²) in [6.45, 7) is 0. The third kappa shape index (κ3) is 2.62. The average Bonchev–Trinajstić information content (AvgIpc) is 3.02. The summed E-state index contributed by atoms with van der Waals surface area (Å²) in [5.74, 6) is -1.26. The van der Waals surface area contributed by atoms with E-state index in [2.05, 4.69) is 5.32 Å². The number of carbonyl (C=O) groups is 2. The molecule has 2 aliphatic carbocycles. The van der Waals surface area contributed by atoms with Gasteiger partial charge < -0.3 is 10.4 Å². The van der Waals surface area contributed by atoms with E-state index in [0.717, 1.165) is 19.3 Å². The van der Waals surface area contributed by atoms with Crippen molar-refractivity contribution in [1.82, 2.24) is 5.32 Å². The van der Waals surface area contributed by atoms with Gasteiger partial charge in [0.2, 0.25) is 0 Å². The summed E-state index contributed by atoms with van der Waals surface area (Å²) >= 11 is 11.9. The van der Waals surface area contributed by atoms with Crippen LogP contribution in [0.2, 0.25) is 10.0 Å². The molecule has 2 N–H and O–H groups in total. The first-order chi connectivity index (χ1) is 9.97. The van der Waals surface area contributed by atoms with E-state index in [0.29, 0.717) is 10.0 Å². The quantitative estimate of drug-likeness (QED) is 0.895. The predicted octanol–water partition coefficient (Wildman–Crippen LogP) is 3.22. The van der Waals surface area contributed by atoms with E-state index in [1.807, 2.05) is 0 Å². The highest BCUT2D eigenvalue weighted by molar-refractivity contribution is 6.35. The number of benzene rings is 1. The smallest absolute Gasteiger partial charge is 0.308 e. The van der Waals surface area contributed by atoms with Gasteiger partial charge in [-0.3, -0.25) is 9.59 Å². The molecule has 1 amide bonds. The zero-order chi connectivity index (χ0) is 15.1. The number of fused-ring (bicyclic) bond motifs is 2. The molecule has 0 saturated heterocycles. The second-order valence-corrected chi connectivity index (χ2v) is 6.66. The van der Waals surface area contributed by atoms with Crippen LogP contribution >= 0.6 is 23.2 Å². The number of rotatable bonds is 3. The van der Waals surface area contributed by atoms with E-state index >= 15 is 0 Å². The minimum absolute atomic E-state index is 0.174. The van der Waals surface area contributed by atoms with Crippen molar-refractivity contribution >= 4 is 35.1 Å². The van der Waals surface area contributed by atoms with E-state index in [4.69, 9.17) is 23.2 Å². The van der Waals surface area contributed by atoms with Crippen molar-refractivity contribution in [3.63, 3.8) is 0 Å². The average molecular weight is 328 g/mol. The molecule has 0 spiro atoms. The van der Waals surface area contributed by atoms with Crippen LogP contribution in [-0.4, -0.2) is 23.0 Å². The van der Waals surface area contributed by atoms with Crippen LogP contribution in [0.4, 0.5) is 0 Å². The van der Waals surface area contributed by atoms with Gasteiger partial charge in [0.05, 0.1) is 16.5 Å². The van der Waals surface area contributed by atoms with Crippen LogP contribution in [0.3, 0.4) is 0 Å². The lowest BCUT2D eigenvalue weighted by Gasteiger charge is -2.29. The van der Waals surface area contributed by atoms with Gasteiger partial charge in [-0.1, -0.05) is 23.2 Å². The van der Waals surface area contributed by atoms with Crippen LogP contribution in [0.5, 0.6) is 0 Å². The van der Waals surface area contributed by atoms with Crippen molar-refractivity contribution in [2.24, 2.45) is 17.8 Å². The monoisotopic (exact) mass is 327 g/mol. The van der Waals surface area contributed by atoms with Crippen LogP contribution in [-0.2, 0) is 4.79 Å². The molecule has 1 aromatic rings. The number of nitrogens with one attached hydrogen (secondary N) is 1. The van der Waals surface area contributed by atoms with Crippen molar-refractivity contribution in [2.75, 3.05) is 0 Å². The molecule has 0 heterocycles. The maximum atomic E-state index is 12.4. The predicted molar refractivity (Wildman–Crippen MR) is 79.7 cm³/mol. The molecular weight excluding hydrogens is 313 g/mol. The number of hydrogen-bond acceptors (Lipinski definition) is 2. The van der Waals surface area contributed by atoms with E-state index in [9.17, 15) is 14.7 Å². The Morgan fingerprint density at radius 1 is 1.19 bits per heavy atom. The fraction of sp³-hybridized carbons (Fsp3) is 0.467. The molecule has 0 aromatic heterocycles. The molecule has 3 rings (SSSR count). The van der Waals surface area contributed by atoms with Crippen molar-refractivity contribution in [1.29, 1.82) is 0 Å². The maximum Gasteiger partial charge on any atom is 0.308 e. The number of amides is 1. The van der Waals surface area contributed by atoms with Crippen molar-refractivity contribution < 1.29 is 14.7 Å². The Balaban J connectivity index is 1.81. The highest BCUT2D eigenvalue weighted by atomic mass is 35.5. The van der Waals surface area contributed by atoms with Crippen LogP contribution in [0.1, 0.15) is 29.6 Å². The van der Waals surface area contributed by atoms with E-state index < -0.39 is 11.9 Å². The van der Waals surface area contributed by atoms with Gasteiger partial charge in [-0.15, -0.1) is 0 Å². The first kappa shape index (κ1) is 14.7. The molecular formula is C15H15Cl2NO3. The largest absolute Gasteiger partial charge is 0.481 e. The zero-order valence-electron chi connectivity index (χ0n) is 11.2. The number of halogens is 2. The van der Waals surface area contributed by atoms with Gasteiger partial charge >= 0.3 is 5.97 Å². The molecule has 2 saturated carbocycles. The van der Waals surface area contributed by atoms with E-state index in [-0.39, 0.29) is 29.3 Å². The fourth-order valence-electron chi connectivity index (χ4n) is 3.75. The summed E-state index contributed by atoms with van der Waals surface area (Å²) in [7, 11) is 0. The molecule has 4 nitrogen and oxygen atoms in total. The number of carbonyl (C=O) groups excluding carboxylic acids is 1. The van der Waals surface area contributed by atoms with Gasteiger partial charge in [0.15, 0.2) is 0 Å². The Hall–Kier alpha value is -1.26. The molecule has 2 fully saturated rings. The van der Waals surface area contributed by atoms with Gasteiger partial charge in [-0.2, -0.15) is 0 Å². The Morgan fingerprint density at radius 2 is 1.90 bits per heavy atom. The van der Waals surface area contributed by atoms with Gasteiger partial charge in [-0.05, 0) is 49.3 Å². The number of carboxylic acids is 1. The topological polar surface area (TPSA) is 66.4 Å². The van der Waals surface area contributed by atoms with Crippen LogP contribution in [0.15, 0.2) is 18.2 Å². The second-order valence-electron chi connectivity index (χ2n) is 5.82. The molecule has 1 aromatic carbocycles. The minimum atomic E-state index is -0.829. The Labute approximate surface area is 132 Å². The lowest BCUT2D eigenvalue weighted by atomic mass is 9.84. The molecule has 0 radical (unpaired) electrons.